The largest absolute Gasteiger partial charge is 0.467 e. The summed E-state index contributed by atoms with van der Waals surface area (Å²) in [7, 11) is 0. The first-order valence-electron chi connectivity index (χ1n) is 9.06. The minimum absolute atomic E-state index is 0.0483. The fourth-order valence-corrected chi connectivity index (χ4v) is 2.17. The molecule has 0 aromatic carbocycles. The fourth-order valence-electron chi connectivity index (χ4n) is 2.17. The van der Waals surface area contributed by atoms with Crippen LogP contribution in [0.1, 0.15) is 51.5 Å². The van der Waals surface area contributed by atoms with Gasteiger partial charge in [0.1, 0.15) is 24.7 Å². The van der Waals surface area contributed by atoms with E-state index in [0.717, 1.165) is 37.0 Å². The number of ether oxygens (including phenoxy) is 1. The van der Waals surface area contributed by atoms with Crippen LogP contribution in [0, 0.1) is 0 Å². The topological polar surface area (TPSA) is 84.8 Å². The molecule has 0 aliphatic carbocycles. The summed E-state index contributed by atoms with van der Waals surface area (Å²) < 4.78 is 16.6. The first-order valence-corrected chi connectivity index (χ1v) is 9.06. The van der Waals surface area contributed by atoms with Crippen LogP contribution in [0.2, 0.25) is 0 Å². The van der Waals surface area contributed by atoms with Crippen LogP contribution in [0.3, 0.4) is 0 Å². The maximum Gasteiger partial charge on any atom is 0.216 e. The average molecular weight is 362 g/mol. The Bertz CT molecular complexity index is 657. The molecule has 2 aromatic heterocycles. The summed E-state index contributed by atoms with van der Waals surface area (Å²) in [6.07, 6.45) is 4.30. The van der Waals surface area contributed by atoms with Crippen molar-refractivity contribution in [3.63, 3.8) is 0 Å². The highest BCUT2D eigenvalue weighted by molar-refractivity contribution is 5.79. The van der Waals surface area contributed by atoms with E-state index < -0.39 is 0 Å². The Morgan fingerprint density at radius 3 is 2.81 bits per heavy atom. The van der Waals surface area contributed by atoms with Crippen molar-refractivity contribution in [1.82, 2.24) is 15.6 Å². The highest BCUT2D eigenvalue weighted by atomic mass is 16.5. The molecular weight excluding hydrogens is 332 g/mol. The van der Waals surface area contributed by atoms with Gasteiger partial charge >= 0.3 is 0 Å². The van der Waals surface area contributed by atoms with Gasteiger partial charge in [0.2, 0.25) is 5.89 Å². The maximum atomic E-state index is 5.77. The van der Waals surface area contributed by atoms with Gasteiger partial charge in [-0.2, -0.15) is 0 Å². The predicted molar refractivity (Wildman–Crippen MR) is 101 cm³/mol. The molecule has 0 unspecified atom stereocenters. The molecule has 144 valence electrons. The van der Waals surface area contributed by atoms with Crippen molar-refractivity contribution >= 4 is 5.96 Å². The van der Waals surface area contributed by atoms with Crippen LogP contribution in [-0.4, -0.2) is 30.6 Å². The van der Waals surface area contributed by atoms with Crippen molar-refractivity contribution in [2.45, 2.75) is 52.7 Å². The number of rotatable bonds is 9. The molecule has 26 heavy (non-hydrogen) atoms. The summed E-state index contributed by atoms with van der Waals surface area (Å²) >= 11 is 0. The molecule has 2 N–H and O–H groups in total. The van der Waals surface area contributed by atoms with E-state index in [4.69, 9.17) is 13.6 Å². The lowest BCUT2D eigenvalue weighted by Gasteiger charge is -2.13. The number of furan rings is 1. The molecule has 7 nitrogen and oxygen atoms in total. The Morgan fingerprint density at radius 2 is 2.15 bits per heavy atom. The summed E-state index contributed by atoms with van der Waals surface area (Å²) in [5, 5.41) is 6.50. The van der Waals surface area contributed by atoms with Crippen molar-refractivity contribution in [3.05, 3.63) is 42.0 Å². The molecule has 0 spiro atoms. The number of aromatic nitrogens is 1. The van der Waals surface area contributed by atoms with Gasteiger partial charge in [-0.15, -0.1) is 0 Å². The first-order chi connectivity index (χ1) is 12.5. The molecule has 0 aliphatic heterocycles. The summed E-state index contributed by atoms with van der Waals surface area (Å²) in [6.45, 7) is 11.4. The van der Waals surface area contributed by atoms with E-state index in [1.807, 2.05) is 19.1 Å². The number of nitrogens with one attached hydrogen (secondary N) is 2. The minimum Gasteiger partial charge on any atom is -0.467 e. The Hall–Kier alpha value is -2.28. The molecule has 2 heterocycles. The smallest absolute Gasteiger partial charge is 0.216 e. The molecule has 0 atom stereocenters. The molecule has 0 radical (unpaired) electrons. The Labute approximate surface area is 155 Å². The SMILES string of the molecule is CCNC(=NCc1ncc(C(C)(C)C)o1)NCCCOCc1ccco1. The van der Waals surface area contributed by atoms with Crippen molar-refractivity contribution in [2.75, 3.05) is 19.7 Å². The van der Waals surface area contributed by atoms with Crippen LogP contribution in [0.15, 0.2) is 38.4 Å². The van der Waals surface area contributed by atoms with Crippen LogP contribution in [-0.2, 0) is 23.3 Å². The third kappa shape index (κ3) is 6.92. The molecule has 0 amide bonds. The summed E-state index contributed by atoms with van der Waals surface area (Å²) in [5.74, 6) is 3.07. The van der Waals surface area contributed by atoms with E-state index in [1.165, 1.54) is 0 Å². The summed E-state index contributed by atoms with van der Waals surface area (Å²) in [5.41, 5.74) is -0.0483. The minimum atomic E-state index is -0.0483. The molecule has 2 rings (SSSR count). The number of nitrogens with zero attached hydrogens (tertiary/aromatic N) is 2. The van der Waals surface area contributed by atoms with Crippen LogP contribution in [0.5, 0.6) is 0 Å². The van der Waals surface area contributed by atoms with Gasteiger partial charge in [0.15, 0.2) is 5.96 Å². The number of aliphatic imine (C=N–C) groups is 1. The summed E-state index contributed by atoms with van der Waals surface area (Å²) in [4.78, 5) is 8.82. The highest BCUT2D eigenvalue weighted by Gasteiger charge is 2.18. The molecule has 0 saturated heterocycles. The monoisotopic (exact) mass is 362 g/mol. The van der Waals surface area contributed by atoms with Gasteiger partial charge in [0.05, 0.1) is 12.5 Å². The lowest BCUT2D eigenvalue weighted by molar-refractivity contribution is 0.105. The van der Waals surface area contributed by atoms with Crippen LogP contribution in [0.25, 0.3) is 0 Å². The second-order valence-electron chi connectivity index (χ2n) is 6.98. The van der Waals surface area contributed by atoms with Gasteiger partial charge in [0.25, 0.3) is 0 Å². The second kappa shape index (κ2) is 10.0. The third-order valence-corrected chi connectivity index (χ3v) is 3.59. The Morgan fingerprint density at radius 1 is 1.31 bits per heavy atom. The molecule has 7 heteroatoms. The Kier molecular flexibility index (Phi) is 7.72. The van der Waals surface area contributed by atoms with E-state index in [0.29, 0.717) is 25.6 Å². The molecule has 0 aliphatic rings. The standard InChI is InChI=1S/C19H30N4O3/c1-5-20-18(21-9-7-10-24-14-15-8-6-11-25-15)23-13-17-22-12-16(26-17)19(2,3)4/h6,8,11-12H,5,7,9-10,13-14H2,1-4H3,(H2,20,21,23). The molecular formula is C19H30N4O3. The lowest BCUT2D eigenvalue weighted by atomic mass is 9.94. The number of hydrogen-bond acceptors (Lipinski definition) is 5. The third-order valence-electron chi connectivity index (χ3n) is 3.59. The number of oxazole rings is 1. The number of hydrogen-bond donors (Lipinski definition) is 2. The van der Waals surface area contributed by atoms with Gasteiger partial charge in [-0.25, -0.2) is 9.98 Å². The van der Waals surface area contributed by atoms with E-state index in [1.54, 1.807) is 12.5 Å². The van der Waals surface area contributed by atoms with Gasteiger partial charge < -0.3 is 24.2 Å². The van der Waals surface area contributed by atoms with Crippen molar-refractivity contribution in [3.8, 4) is 0 Å². The molecule has 0 bridgehead atoms. The maximum absolute atomic E-state index is 5.77. The van der Waals surface area contributed by atoms with Gasteiger partial charge in [-0.05, 0) is 25.5 Å². The average Bonchev–Trinajstić information content (AvgIpc) is 3.26. The van der Waals surface area contributed by atoms with E-state index >= 15 is 0 Å². The van der Waals surface area contributed by atoms with Crippen molar-refractivity contribution in [2.24, 2.45) is 4.99 Å². The lowest BCUT2D eigenvalue weighted by Crippen LogP contribution is -2.38. The number of guanidine groups is 1. The van der Waals surface area contributed by atoms with Crippen LogP contribution >= 0.6 is 0 Å². The predicted octanol–water partition coefficient (Wildman–Crippen LogP) is 3.23. The molecule has 0 fully saturated rings. The zero-order valence-corrected chi connectivity index (χ0v) is 16.2. The highest BCUT2D eigenvalue weighted by Crippen LogP contribution is 2.22. The first kappa shape index (κ1) is 20.0. The molecule has 2 aromatic rings. The van der Waals surface area contributed by atoms with Gasteiger partial charge in [-0.1, -0.05) is 20.8 Å². The van der Waals surface area contributed by atoms with Gasteiger partial charge in [0, 0.05) is 25.1 Å². The van der Waals surface area contributed by atoms with Crippen molar-refractivity contribution in [1.29, 1.82) is 0 Å². The van der Waals surface area contributed by atoms with E-state index in [9.17, 15) is 0 Å². The quantitative estimate of drug-likeness (QED) is 0.405. The zero-order chi connectivity index (χ0) is 18.8. The second-order valence-corrected chi connectivity index (χ2v) is 6.98. The summed E-state index contributed by atoms with van der Waals surface area (Å²) in [6, 6.07) is 3.76. The molecule has 0 saturated carbocycles. The van der Waals surface area contributed by atoms with Gasteiger partial charge in [-0.3, -0.25) is 0 Å². The zero-order valence-electron chi connectivity index (χ0n) is 16.2. The van der Waals surface area contributed by atoms with Crippen LogP contribution in [0.4, 0.5) is 0 Å². The Balaban J connectivity index is 1.71. The van der Waals surface area contributed by atoms with Crippen molar-refractivity contribution < 1.29 is 13.6 Å². The fraction of sp³-hybridized carbons (Fsp3) is 0.579. The van der Waals surface area contributed by atoms with E-state index in [2.05, 4.69) is 41.4 Å². The normalized spacial score (nSPS) is 12.4. The van der Waals surface area contributed by atoms with E-state index in [-0.39, 0.29) is 5.41 Å². The van der Waals surface area contributed by atoms with Crippen LogP contribution < -0.4 is 10.6 Å².